The summed E-state index contributed by atoms with van der Waals surface area (Å²) in [7, 11) is 1.32. The van der Waals surface area contributed by atoms with E-state index in [2.05, 4.69) is 0 Å². The Morgan fingerprint density at radius 1 is 1.47 bits per heavy atom. The van der Waals surface area contributed by atoms with Gasteiger partial charge in [-0.25, -0.2) is 4.79 Å². The summed E-state index contributed by atoms with van der Waals surface area (Å²) in [6, 6.07) is 4.31. The topological polar surface area (TPSA) is 78.7 Å². The van der Waals surface area contributed by atoms with Crippen LogP contribution < -0.4 is 4.74 Å². The molecule has 1 aromatic rings. The lowest BCUT2D eigenvalue weighted by atomic mass is 10.2. The highest BCUT2D eigenvalue weighted by atomic mass is 16.6. The molecule has 102 valence electrons. The van der Waals surface area contributed by atoms with Crippen LogP contribution in [0.2, 0.25) is 0 Å². The summed E-state index contributed by atoms with van der Waals surface area (Å²) in [5, 5.41) is 10.7. The van der Waals surface area contributed by atoms with Gasteiger partial charge in [0.25, 0.3) is 5.69 Å². The molecule has 0 spiro atoms. The van der Waals surface area contributed by atoms with Gasteiger partial charge >= 0.3 is 5.97 Å². The van der Waals surface area contributed by atoms with Crippen LogP contribution in [0.5, 0.6) is 5.75 Å². The number of non-ortho nitro benzene ring substituents is 1. The Morgan fingerprint density at radius 3 is 2.63 bits per heavy atom. The van der Waals surface area contributed by atoms with Crippen molar-refractivity contribution in [3.63, 3.8) is 0 Å². The molecule has 0 amide bonds. The standard InChI is InChI=1S/C13H15NO5/c1-8-7-10(14(16)17)5-6-11(8)19-12(9-3-4-9)13(15)18-2/h5-7,9,12H,3-4H2,1-2H3. The van der Waals surface area contributed by atoms with E-state index in [0.29, 0.717) is 11.3 Å². The van der Waals surface area contributed by atoms with Crippen LogP contribution in [0.3, 0.4) is 0 Å². The Balaban J connectivity index is 2.17. The molecular weight excluding hydrogens is 250 g/mol. The number of hydrogen-bond acceptors (Lipinski definition) is 5. The molecule has 0 saturated heterocycles. The van der Waals surface area contributed by atoms with E-state index in [1.54, 1.807) is 6.92 Å². The summed E-state index contributed by atoms with van der Waals surface area (Å²) >= 11 is 0. The van der Waals surface area contributed by atoms with Gasteiger partial charge in [0.05, 0.1) is 12.0 Å². The van der Waals surface area contributed by atoms with Crippen LogP contribution in [-0.2, 0) is 9.53 Å². The van der Waals surface area contributed by atoms with Crippen LogP contribution in [-0.4, -0.2) is 24.1 Å². The van der Waals surface area contributed by atoms with Gasteiger partial charge in [0.15, 0.2) is 6.10 Å². The number of aryl methyl sites for hydroxylation is 1. The Bertz CT molecular complexity index is 510. The fourth-order valence-corrected chi connectivity index (χ4v) is 1.87. The van der Waals surface area contributed by atoms with E-state index in [1.165, 1.54) is 25.3 Å². The van der Waals surface area contributed by atoms with Gasteiger partial charge in [0.2, 0.25) is 0 Å². The first kappa shape index (κ1) is 13.3. The molecule has 0 aromatic heterocycles. The summed E-state index contributed by atoms with van der Waals surface area (Å²) in [6.07, 6.45) is 1.25. The van der Waals surface area contributed by atoms with Crippen LogP contribution in [0, 0.1) is 23.0 Å². The second-order valence-corrected chi connectivity index (χ2v) is 4.61. The van der Waals surface area contributed by atoms with Crippen molar-refractivity contribution in [3.05, 3.63) is 33.9 Å². The number of benzene rings is 1. The molecule has 1 aliphatic rings. The minimum Gasteiger partial charge on any atom is -0.478 e. The third-order valence-electron chi connectivity index (χ3n) is 3.11. The van der Waals surface area contributed by atoms with Gasteiger partial charge in [-0.3, -0.25) is 10.1 Å². The van der Waals surface area contributed by atoms with Crippen molar-refractivity contribution in [1.29, 1.82) is 0 Å². The summed E-state index contributed by atoms with van der Waals surface area (Å²) < 4.78 is 10.4. The Kier molecular flexibility index (Phi) is 3.69. The maximum Gasteiger partial charge on any atom is 0.347 e. The average Bonchev–Trinajstić information content (AvgIpc) is 3.20. The minimum atomic E-state index is -0.620. The molecule has 1 unspecified atom stereocenters. The van der Waals surface area contributed by atoms with Gasteiger partial charge < -0.3 is 9.47 Å². The third-order valence-corrected chi connectivity index (χ3v) is 3.11. The Hall–Kier alpha value is -2.11. The van der Waals surface area contributed by atoms with Crippen molar-refractivity contribution in [1.82, 2.24) is 0 Å². The second kappa shape index (κ2) is 5.26. The number of ether oxygens (including phenoxy) is 2. The molecule has 1 saturated carbocycles. The number of rotatable bonds is 5. The molecule has 1 aliphatic carbocycles. The predicted molar refractivity (Wildman–Crippen MR) is 67.0 cm³/mol. The zero-order valence-corrected chi connectivity index (χ0v) is 10.8. The van der Waals surface area contributed by atoms with Gasteiger partial charge in [0, 0.05) is 18.1 Å². The highest BCUT2D eigenvalue weighted by Crippen LogP contribution is 2.36. The zero-order valence-electron chi connectivity index (χ0n) is 10.8. The van der Waals surface area contributed by atoms with Crippen molar-refractivity contribution in [3.8, 4) is 5.75 Å². The zero-order chi connectivity index (χ0) is 14.0. The third kappa shape index (κ3) is 3.01. The molecule has 0 bridgehead atoms. The molecule has 1 aromatic carbocycles. The number of carbonyl (C=O) groups is 1. The van der Waals surface area contributed by atoms with E-state index in [1.807, 2.05) is 0 Å². The highest BCUT2D eigenvalue weighted by molar-refractivity contribution is 5.76. The predicted octanol–water partition coefficient (Wildman–Crippen LogP) is 2.23. The van der Waals surface area contributed by atoms with Gasteiger partial charge in [-0.15, -0.1) is 0 Å². The first-order chi connectivity index (χ1) is 9.02. The number of carbonyl (C=O) groups excluding carboxylic acids is 1. The molecule has 6 nitrogen and oxygen atoms in total. The van der Waals surface area contributed by atoms with E-state index < -0.39 is 17.0 Å². The summed E-state index contributed by atoms with van der Waals surface area (Å²) in [5.41, 5.74) is 0.634. The van der Waals surface area contributed by atoms with E-state index in [-0.39, 0.29) is 11.6 Å². The smallest absolute Gasteiger partial charge is 0.347 e. The van der Waals surface area contributed by atoms with E-state index in [9.17, 15) is 14.9 Å². The fourth-order valence-electron chi connectivity index (χ4n) is 1.87. The second-order valence-electron chi connectivity index (χ2n) is 4.61. The van der Waals surface area contributed by atoms with E-state index >= 15 is 0 Å². The summed E-state index contributed by atoms with van der Waals surface area (Å²) in [5.74, 6) is 0.259. The summed E-state index contributed by atoms with van der Waals surface area (Å²) in [6.45, 7) is 1.71. The maximum absolute atomic E-state index is 11.6. The van der Waals surface area contributed by atoms with Gasteiger partial charge in [-0.05, 0) is 31.4 Å². The number of nitro groups is 1. The van der Waals surface area contributed by atoms with Crippen LogP contribution in [0.25, 0.3) is 0 Å². The number of nitro benzene ring substituents is 1. The molecule has 0 radical (unpaired) electrons. The number of nitrogens with zero attached hydrogens (tertiary/aromatic N) is 1. The van der Waals surface area contributed by atoms with Crippen LogP contribution >= 0.6 is 0 Å². The monoisotopic (exact) mass is 265 g/mol. The SMILES string of the molecule is COC(=O)C(Oc1ccc([N+](=O)[O-])cc1C)C1CC1. The van der Waals surface area contributed by atoms with Crippen LogP contribution in [0.15, 0.2) is 18.2 Å². The molecular formula is C13H15NO5. The Morgan fingerprint density at radius 2 is 2.16 bits per heavy atom. The van der Waals surface area contributed by atoms with Gasteiger partial charge in [-0.1, -0.05) is 0 Å². The van der Waals surface area contributed by atoms with Crippen LogP contribution in [0.4, 0.5) is 5.69 Å². The van der Waals surface area contributed by atoms with E-state index in [4.69, 9.17) is 9.47 Å². The number of hydrogen-bond donors (Lipinski definition) is 0. The maximum atomic E-state index is 11.6. The quantitative estimate of drug-likeness (QED) is 0.463. The number of methoxy groups -OCH3 is 1. The lowest BCUT2D eigenvalue weighted by Gasteiger charge is -2.17. The van der Waals surface area contributed by atoms with Crippen molar-refractivity contribution in [2.45, 2.75) is 25.9 Å². The van der Waals surface area contributed by atoms with Gasteiger partial charge in [-0.2, -0.15) is 0 Å². The molecule has 19 heavy (non-hydrogen) atoms. The first-order valence-electron chi connectivity index (χ1n) is 6.02. The average molecular weight is 265 g/mol. The highest BCUT2D eigenvalue weighted by Gasteiger charge is 2.39. The first-order valence-corrected chi connectivity index (χ1v) is 6.02. The lowest BCUT2D eigenvalue weighted by Crippen LogP contribution is -2.30. The van der Waals surface area contributed by atoms with Gasteiger partial charge in [0.1, 0.15) is 5.75 Å². The van der Waals surface area contributed by atoms with E-state index in [0.717, 1.165) is 12.8 Å². The normalized spacial score (nSPS) is 15.7. The molecule has 2 rings (SSSR count). The Labute approximate surface area is 110 Å². The molecule has 1 atom stereocenters. The lowest BCUT2D eigenvalue weighted by molar-refractivity contribution is -0.384. The fraction of sp³-hybridized carbons (Fsp3) is 0.462. The van der Waals surface area contributed by atoms with Crippen molar-refractivity contribution >= 4 is 11.7 Å². The molecule has 6 heteroatoms. The minimum absolute atomic E-state index is 0.00545. The molecule has 0 N–H and O–H groups in total. The molecule has 1 fully saturated rings. The number of esters is 1. The van der Waals surface area contributed by atoms with Crippen molar-refractivity contribution in [2.24, 2.45) is 5.92 Å². The van der Waals surface area contributed by atoms with Crippen LogP contribution in [0.1, 0.15) is 18.4 Å². The summed E-state index contributed by atoms with van der Waals surface area (Å²) in [4.78, 5) is 21.8. The largest absolute Gasteiger partial charge is 0.478 e. The van der Waals surface area contributed by atoms with Crippen molar-refractivity contribution in [2.75, 3.05) is 7.11 Å². The molecule has 0 aliphatic heterocycles. The van der Waals surface area contributed by atoms with Crippen molar-refractivity contribution < 1.29 is 19.2 Å². The molecule has 0 heterocycles.